The number of hydrogen-bond donors (Lipinski definition) is 3. The Morgan fingerprint density at radius 1 is 1.15 bits per heavy atom. The second kappa shape index (κ2) is 12.8. The Morgan fingerprint density at radius 3 is 2.73 bits per heavy atom. The van der Waals surface area contributed by atoms with Gasteiger partial charge in [-0.05, 0) is 68.2 Å². The molecule has 0 bridgehead atoms. The number of β-amino-alcohol motifs (C(OH)–C–C–N with tert-alkyl or cyclic N) is 1. The van der Waals surface area contributed by atoms with Crippen LogP contribution in [-0.2, 0) is 5.41 Å². The van der Waals surface area contributed by atoms with E-state index in [1.165, 1.54) is 29.3 Å². The van der Waals surface area contributed by atoms with Gasteiger partial charge in [0.1, 0.15) is 5.82 Å². The Hall–Kier alpha value is -3.45. The van der Waals surface area contributed by atoms with Gasteiger partial charge in [0.25, 0.3) is 5.91 Å². The molecule has 0 aromatic carbocycles. The molecule has 40 heavy (non-hydrogen) atoms. The largest absolute Gasteiger partial charge is 0.395 e. The van der Waals surface area contributed by atoms with Crippen LogP contribution < -0.4 is 10.6 Å². The van der Waals surface area contributed by atoms with Crippen LogP contribution in [0.2, 0.25) is 0 Å². The fourth-order valence-electron chi connectivity index (χ4n) is 4.77. The van der Waals surface area contributed by atoms with Gasteiger partial charge in [-0.1, -0.05) is 29.2 Å². The number of likely N-dealkylation sites (tertiary alicyclic amines) is 1. The lowest BCUT2D eigenvalue weighted by Gasteiger charge is -2.42. The van der Waals surface area contributed by atoms with Gasteiger partial charge in [0, 0.05) is 43.3 Å². The summed E-state index contributed by atoms with van der Waals surface area (Å²) in [5.41, 5.74) is 1.53. The van der Waals surface area contributed by atoms with Crippen LogP contribution in [0.15, 0.2) is 70.4 Å². The van der Waals surface area contributed by atoms with Gasteiger partial charge in [0.15, 0.2) is 16.6 Å². The Bertz CT molecular complexity index is 1450. The molecular weight excluding hydrogens is 549 g/mol. The van der Waals surface area contributed by atoms with Crippen LogP contribution in [0.1, 0.15) is 34.5 Å². The first-order valence-corrected chi connectivity index (χ1v) is 14.6. The van der Waals surface area contributed by atoms with E-state index in [1.807, 2.05) is 37.4 Å². The van der Waals surface area contributed by atoms with Crippen molar-refractivity contribution in [2.45, 2.75) is 34.3 Å². The SMILES string of the molecule is Cc1ccnc(Nc2ncc(Sc3ccnc(C(=O)NCC4(c5cccnc5)CCN(CCO)CC4)c3F)s2)c1. The molecule has 0 saturated carbocycles. The van der Waals surface area contributed by atoms with Crippen molar-refractivity contribution in [3.05, 3.63) is 84.0 Å². The molecule has 1 saturated heterocycles. The van der Waals surface area contributed by atoms with Crippen molar-refractivity contribution in [2.75, 3.05) is 38.1 Å². The smallest absolute Gasteiger partial charge is 0.273 e. The average Bonchev–Trinajstić information content (AvgIpc) is 3.41. The molecule has 9 nitrogen and oxygen atoms in total. The molecule has 208 valence electrons. The zero-order valence-corrected chi connectivity index (χ0v) is 23.6. The molecule has 4 aromatic heterocycles. The number of nitrogens with zero attached hydrogens (tertiary/aromatic N) is 5. The molecule has 0 radical (unpaired) electrons. The van der Waals surface area contributed by atoms with Gasteiger partial charge in [0.05, 0.1) is 21.9 Å². The van der Waals surface area contributed by atoms with Gasteiger partial charge < -0.3 is 20.6 Å². The van der Waals surface area contributed by atoms with Crippen molar-refractivity contribution in [3.8, 4) is 0 Å². The fraction of sp³-hybridized carbons (Fsp3) is 0.321. The minimum Gasteiger partial charge on any atom is -0.395 e. The van der Waals surface area contributed by atoms with E-state index in [1.54, 1.807) is 24.7 Å². The maximum Gasteiger partial charge on any atom is 0.273 e. The summed E-state index contributed by atoms with van der Waals surface area (Å²) >= 11 is 2.56. The first kappa shape index (κ1) is 28.1. The van der Waals surface area contributed by atoms with Gasteiger partial charge in [-0.15, -0.1) is 0 Å². The van der Waals surface area contributed by atoms with E-state index in [2.05, 4.69) is 35.5 Å². The van der Waals surface area contributed by atoms with E-state index in [-0.39, 0.29) is 17.7 Å². The molecule has 12 heteroatoms. The summed E-state index contributed by atoms with van der Waals surface area (Å²) in [5, 5.41) is 16.1. The van der Waals surface area contributed by atoms with Crippen molar-refractivity contribution < 1.29 is 14.3 Å². The molecular formula is C28H30FN7O2S2. The van der Waals surface area contributed by atoms with Gasteiger partial charge >= 0.3 is 0 Å². The number of halogens is 1. The van der Waals surface area contributed by atoms with Crippen LogP contribution in [0.4, 0.5) is 15.3 Å². The quantitative estimate of drug-likeness (QED) is 0.251. The second-order valence-electron chi connectivity index (χ2n) is 9.67. The molecule has 1 amide bonds. The maximum absolute atomic E-state index is 15.5. The van der Waals surface area contributed by atoms with Crippen LogP contribution >= 0.6 is 23.1 Å². The number of aryl methyl sites for hydroxylation is 1. The van der Waals surface area contributed by atoms with Gasteiger partial charge in [0.2, 0.25) is 0 Å². The van der Waals surface area contributed by atoms with E-state index < -0.39 is 11.7 Å². The number of anilines is 2. The normalized spacial score (nSPS) is 15.1. The first-order chi connectivity index (χ1) is 19.5. The van der Waals surface area contributed by atoms with Crippen molar-refractivity contribution in [1.29, 1.82) is 0 Å². The molecule has 5 heterocycles. The number of aromatic nitrogens is 4. The summed E-state index contributed by atoms with van der Waals surface area (Å²) in [7, 11) is 0. The second-order valence-corrected chi connectivity index (χ2v) is 12.0. The Balaban J connectivity index is 1.27. The Labute approximate surface area is 240 Å². The van der Waals surface area contributed by atoms with Gasteiger partial charge in [-0.25, -0.2) is 19.3 Å². The lowest BCUT2D eigenvalue weighted by atomic mass is 9.73. The van der Waals surface area contributed by atoms with Gasteiger partial charge in [-0.3, -0.25) is 9.78 Å². The van der Waals surface area contributed by atoms with Gasteiger partial charge in [-0.2, -0.15) is 0 Å². The average molecular weight is 580 g/mol. The summed E-state index contributed by atoms with van der Waals surface area (Å²) in [5.74, 6) is -0.539. The lowest BCUT2D eigenvalue weighted by Crippen LogP contribution is -2.49. The number of amides is 1. The fourth-order valence-corrected chi connectivity index (χ4v) is 6.64. The van der Waals surface area contributed by atoms with Crippen LogP contribution in [0.25, 0.3) is 0 Å². The molecule has 4 aromatic rings. The third-order valence-electron chi connectivity index (χ3n) is 7.00. The van der Waals surface area contributed by atoms with Crippen molar-refractivity contribution in [1.82, 2.24) is 30.2 Å². The molecule has 3 N–H and O–H groups in total. The topological polar surface area (TPSA) is 116 Å². The molecule has 0 unspecified atom stereocenters. The highest BCUT2D eigenvalue weighted by Gasteiger charge is 2.37. The predicted octanol–water partition coefficient (Wildman–Crippen LogP) is 4.43. The number of thiazole rings is 1. The maximum atomic E-state index is 15.5. The number of piperidine rings is 1. The third kappa shape index (κ3) is 6.64. The highest BCUT2D eigenvalue weighted by atomic mass is 32.2. The third-order valence-corrected chi connectivity index (χ3v) is 9.05. The number of aliphatic hydroxyl groups is 1. The summed E-state index contributed by atoms with van der Waals surface area (Å²) in [6, 6.07) is 9.29. The molecule has 1 aliphatic heterocycles. The van der Waals surface area contributed by atoms with E-state index in [0.717, 1.165) is 41.3 Å². The molecule has 1 aliphatic rings. The van der Waals surface area contributed by atoms with Crippen molar-refractivity contribution in [3.63, 3.8) is 0 Å². The molecule has 0 atom stereocenters. The van der Waals surface area contributed by atoms with Crippen molar-refractivity contribution in [2.24, 2.45) is 0 Å². The Morgan fingerprint density at radius 2 is 1.98 bits per heavy atom. The zero-order valence-electron chi connectivity index (χ0n) is 22.0. The van der Waals surface area contributed by atoms with Crippen LogP contribution in [0.5, 0.6) is 0 Å². The van der Waals surface area contributed by atoms with E-state index >= 15 is 4.39 Å². The number of aliphatic hydroxyl groups excluding tert-OH is 1. The number of pyridine rings is 3. The minimum absolute atomic E-state index is 0.110. The molecule has 1 fully saturated rings. The lowest BCUT2D eigenvalue weighted by molar-refractivity contribution is 0.0903. The first-order valence-electron chi connectivity index (χ1n) is 13.0. The monoisotopic (exact) mass is 579 g/mol. The van der Waals surface area contributed by atoms with Crippen molar-refractivity contribution >= 4 is 40.0 Å². The number of carbonyl (C=O) groups is 1. The summed E-state index contributed by atoms with van der Waals surface area (Å²) < 4.78 is 16.3. The molecule has 0 spiro atoms. The number of nitrogens with one attached hydrogen (secondary N) is 2. The highest BCUT2D eigenvalue weighted by molar-refractivity contribution is 8.01. The minimum atomic E-state index is -0.665. The predicted molar refractivity (Wildman–Crippen MR) is 154 cm³/mol. The molecule has 0 aliphatic carbocycles. The number of hydrogen-bond acceptors (Lipinski definition) is 10. The number of carbonyl (C=O) groups excluding carboxylic acids is 1. The van der Waals surface area contributed by atoms with Crippen LogP contribution in [-0.4, -0.2) is 68.6 Å². The van der Waals surface area contributed by atoms with Crippen LogP contribution in [0.3, 0.4) is 0 Å². The number of rotatable bonds is 10. The van der Waals surface area contributed by atoms with E-state index in [4.69, 9.17) is 0 Å². The highest BCUT2D eigenvalue weighted by Crippen LogP contribution is 2.37. The zero-order chi connectivity index (χ0) is 28.0. The Kier molecular flexibility index (Phi) is 9.00. The summed E-state index contributed by atoms with van der Waals surface area (Å²) in [6.07, 6.45) is 9.95. The molecule has 5 rings (SSSR count). The summed E-state index contributed by atoms with van der Waals surface area (Å²) in [6.45, 7) is 4.62. The van der Waals surface area contributed by atoms with Crippen LogP contribution in [0, 0.1) is 12.7 Å². The standard InChI is InChI=1S/C28H30FN7O2S2/c1-19-4-9-31-22(15-19)35-27-33-17-23(40-27)39-21-5-10-32-25(24(21)29)26(38)34-18-28(20-3-2-8-30-16-20)6-11-36(12-7-28)13-14-37/h2-5,8-10,15-17,37H,6-7,11-14,18H2,1H3,(H,34,38)(H,31,33,35). The van der Waals surface area contributed by atoms with E-state index in [9.17, 15) is 9.90 Å². The summed E-state index contributed by atoms with van der Waals surface area (Å²) in [4.78, 5) is 32.7. The van der Waals surface area contributed by atoms with E-state index in [0.29, 0.717) is 28.9 Å².